The minimum atomic E-state index is -3.71. The van der Waals surface area contributed by atoms with Crippen molar-refractivity contribution in [3.8, 4) is 5.75 Å². The van der Waals surface area contributed by atoms with E-state index in [2.05, 4.69) is 15.6 Å². The predicted octanol–water partition coefficient (Wildman–Crippen LogP) is 3.03. The number of para-hydroxylation sites is 1. The highest BCUT2D eigenvalue weighted by atomic mass is 127. The Morgan fingerprint density at radius 3 is 2.47 bits per heavy atom. The molecule has 3 aromatic rings. The van der Waals surface area contributed by atoms with Crippen LogP contribution in [0.15, 0.2) is 81.2 Å². The first-order chi connectivity index (χ1) is 15.0. The molecule has 0 radical (unpaired) electrons. The smallest absolute Gasteiger partial charge is 0.238 e. The van der Waals surface area contributed by atoms with Crippen molar-refractivity contribution in [1.29, 1.82) is 0 Å². The van der Waals surface area contributed by atoms with E-state index in [0.717, 1.165) is 22.6 Å². The maximum atomic E-state index is 11.4. The number of hydrogen-bond donors (Lipinski definition) is 3. The SMILES string of the molecule is COc1ccccc1CNC(=NCc1ccc(S(N)(=O)=O)cc1)NCCc1ccco1.I. The molecule has 32 heavy (non-hydrogen) atoms. The lowest BCUT2D eigenvalue weighted by atomic mass is 10.2. The molecule has 2 aromatic carbocycles. The average Bonchev–Trinajstić information content (AvgIpc) is 3.28. The van der Waals surface area contributed by atoms with Crippen molar-refractivity contribution in [3.05, 3.63) is 83.8 Å². The van der Waals surface area contributed by atoms with Crippen LogP contribution >= 0.6 is 24.0 Å². The van der Waals surface area contributed by atoms with Crippen LogP contribution < -0.4 is 20.5 Å². The fourth-order valence-electron chi connectivity index (χ4n) is 2.92. The van der Waals surface area contributed by atoms with Crippen LogP contribution in [0.5, 0.6) is 5.75 Å². The molecule has 172 valence electrons. The number of sulfonamides is 1. The number of rotatable bonds is 9. The minimum absolute atomic E-state index is 0. The van der Waals surface area contributed by atoms with Gasteiger partial charge in [0.15, 0.2) is 5.96 Å². The van der Waals surface area contributed by atoms with E-state index in [1.165, 1.54) is 12.1 Å². The topological polar surface area (TPSA) is 119 Å². The number of guanidine groups is 1. The molecule has 1 heterocycles. The van der Waals surface area contributed by atoms with Crippen molar-refractivity contribution in [3.63, 3.8) is 0 Å². The average molecular weight is 570 g/mol. The van der Waals surface area contributed by atoms with Crippen LogP contribution in [0, 0.1) is 0 Å². The third-order valence-corrected chi connectivity index (χ3v) is 5.48. The number of nitrogens with zero attached hydrogens (tertiary/aromatic N) is 1. The number of primary sulfonamides is 1. The fourth-order valence-corrected chi connectivity index (χ4v) is 3.43. The number of aliphatic imine (C=N–C) groups is 1. The largest absolute Gasteiger partial charge is 0.496 e. The van der Waals surface area contributed by atoms with Crippen molar-refractivity contribution >= 4 is 40.0 Å². The van der Waals surface area contributed by atoms with Gasteiger partial charge in [-0.15, -0.1) is 24.0 Å². The molecule has 0 bridgehead atoms. The van der Waals surface area contributed by atoms with Gasteiger partial charge in [-0.25, -0.2) is 18.5 Å². The predicted molar refractivity (Wildman–Crippen MR) is 135 cm³/mol. The van der Waals surface area contributed by atoms with Crippen molar-refractivity contribution in [1.82, 2.24) is 10.6 Å². The monoisotopic (exact) mass is 570 g/mol. The van der Waals surface area contributed by atoms with Gasteiger partial charge >= 0.3 is 0 Å². The van der Waals surface area contributed by atoms with Crippen LogP contribution in [0.1, 0.15) is 16.9 Å². The summed E-state index contributed by atoms with van der Waals surface area (Å²) < 4.78 is 33.6. The summed E-state index contributed by atoms with van der Waals surface area (Å²) in [5.74, 6) is 2.30. The number of nitrogens with two attached hydrogens (primary N) is 1. The van der Waals surface area contributed by atoms with Gasteiger partial charge in [0, 0.05) is 25.1 Å². The second kappa shape index (κ2) is 12.5. The van der Waals surface area contributed by atoms with Gasteiger partial charge in [0.25, 0.3) is 0 Å². The molecule has 0 aliphatic heterocycles. The molecule has 3 rings (SSSR count). The fraction of sp³-hybridized carbons (Fsp3) is 0.227. The van der Waals surface area contributed by atoms with E-state index in [0.29, 0.717) is 32.0 Å². The summed E-state index contributed by atoms with van der Waals surface area (Å²) in [6, 6.07) is 17.9. The molecule has 0 saturated heterocycles. The van der Waals surface area contributed by atoms with E-state index in [1.54, 1.807) is 25.5 Å². The zero-order chi connectivity index (χ0) is 22.1. The maximum absolute atomic E-state index is 11.4. The van der Waals surface area contributed by atoms with Gasteiger partial charge in [0.05, 0.1) is 24.8 Å². The first kappa shape index (κ1) is 25.7. The van der Waals surface area contributed by atoms with Crippen molar-refractivity contribution in [2.75, 3.05) is 13.7 Å². The van der Waals surface area contributed by atoms with E-state index in [1.807, 2.05) is 36.4 Å². The number of hydrogen-bond acceptors (Lipinski definition) is 5. The van der Waals surface area contributed by atoms with Crippen molar-refractivity contribution in [2.24, 2.45) is 10.1 Å². The Morgan fingerprint density at radius 2 is 1.81 bits per heavy atom. The molecule has 8 nitrogen and oxygen atoms in total. The summed E-state index contributed by atoms with van der Waals surface area (Å²) in [7, 11) is -2.07. The molecule has 0 saturated carbocycles. The van der Waals surface area contributed by atoms with Crippen LogP contribution in [0.4, 0.5) is 0 Å². The molecule has 0 aliphatic carbocycles. The molecule has 0 unspecified atom stereocenters. The number of methoxy groups -OCH3 is 1. The molecule has 1 aromatic heterocycles. The van der Waals surface area contributed by atoms with E-state index in [4.69, 9.17) is 14.3 Å². The first-order valence-corrected chi connectivity index (χ1v) is 11.3. The Hall–Kier alpha value is -2.57. The highest BCUT2D eigenvalue weighted by molar-refractivity contribution is 14.0. The molecular formula is C22H27IN4O4S. The summed E-state index contributed by atoms with van der Waals surface area (Å²) >= 11 is 0. The highest BCUT2D eigenvalue weighted by Gasteiger charge is 2.07. The molecular weight excluding hydrogens is 543 g/mol. The van der Waals surface area contributed by atoms with Gasteiger partial charge in [0.1, 0.15) is 11.5 Å². The van der Waals surface area contributed by atoms with Gasteiger partial charge in [-0.1, -0.05) is 30.3 Å². The normalized spacial score (nSPS) is 11.5. The van der Waals surface area contributed by atoms with Gasteiger partial charge in [-0.05, 0) is 35.9 Å². The van der Waals surface area contributed by atoms with E-state index in [9.17, 15) is 8.42 Å². The van der Waals surface area contributed by atoms with Crippen LogP contribution in [0.3, 0.4) is 0 Å². The number of halogens is 1. The quantitative estimate of drug-likeness (QED) is 0.207. The molecule has 0 aliphatic rings. The maximum Gasteiger partial charge on any atom is 0.238 e. The number of nitrogens with one attached hydrogen (secondary N) is 2. The van der Waals surface area contributed by atoms with E-state index in [-0.39, 0.29) is 28.9 Å². The van der Waals surface area contributed by atoms with E-state index < -0.39 is 10.0 Å². The Kier molecular flexibility index (Phi) is 10.0. The van der Waals surface area contributed by atoms with Crippen LogP contribution in [-0.2, 0) is 29.5 Å². The zero-order valence-corrected chi connectivity index (χ0v) is 20.8. The van der Waals surface area contributed by atoms with Gasteiger partial charge in [0.2, 0.25) is 10.0 Å². The molecule has 0 amide bonds. The molecule has 0 spiro atoms. The zero-order valence-electron chi connectivity index (χ0n) is 17.7. The Bertz CT molecular complexity index is 1100. The lowest BCUT2D eigenvalue weighted by molar-refractivity contribution is 0.409. The van der Waals surface area contributed by atoms with E-state index >= 15 is 0 Å². The number of furan rings is 1. The van der Waals surface area contributed by atoms with Crippen LogP contribution in [0.2, 0.25) is 0 Å². The summed E-state index contributed by atoms with van der Waals surface area (Å²) in [6.07, 6.45) is 2.36. The highest BCUT2D eigenvalue weighted by Crippen LogP contribution is 2.16. The molecule has 10 heteroatoms. The summed E-state index contributed by atoms with van der Waals surface area (Å²) in [5.41, 5.74) is 1.86. The van der Waals surface area contributed by atoms with Crippen molar-refractivity contribution in [2.45, 2.75) is 24.4 Å². The van der Waals surface area contributed by atoms with Crippen molar-refractivity contribution < 1.29 is 17.6 Å². The number of benzene rings is 2. The summed E-state index contributed by atoms with van der Waals surface area (Å²) in [6.45, 7) is 1.53. The molecule has 0 atom stereocenters. The Balaban J connectivity index is 0.00000363. The van der Waals surface area contributed by atoms with Crippen LogP contribution in [-0.4, -0.2) is 28.0 Å². The minimum Gasteiger partial charge on any atom is -0.496 e. The van der Waals surface area contributed by atoms with Gasteiger partial charge < -0.3 is 19.8 Å². The Labute approximate surface area is 205 Å². The molecule has 4 N–H and O–H groups in total. The second-order valence-electron chi connectivity index (χ2n) is 6.78. The van der Waals surface area contributed by atoms with Gasteiger partial charge in [-0.2, -0.15) is 0 Å². The summed E-state index contributed by atoms with van der Waals surface area (Å²) in [5, 5.41) is 11.8. The third kappa shape index (κ3) is 7.84. The number of ether oxygens (including phenoxy) is 1. The molecule has 0 fully saturated rings. The lowest BCUT2D eigenvalue weighted by Crippen LogP contribution is -2.38. The first-order valence-electron chi connectivity index (χ1n) is 9.74. The summed E-state index contributed by atoms with van der Waals surface area (Å²) in [4.78, 5) is 4.69. The Morgan fingerprint density at radius 1 is 1.06 bits per heavy atom. The third-order valence-electron chi connectivity index (χ3n) is 4.55. The standard InChI is InChI=1S/C22H26N4O4S.HI/c1-29-21-7-3-2-5-18(21)16-26-22(24-13-12-19-6-4-14-30-19)25-15-17-8-10-20(11-9-17)31(23,27)28;/h2-11,14H,12-13,15-16H2,1H3,(H2,23,27,28)(H2,24,25,26);1H. The lowest BCUT2D eigenvalue weighted by Gasteiger charge is -2.14. The van der Waals surface area contributed by atoms with Gasteiger partial charge in [-0.3, -0.25) is 0 Å². The van der Waals surface area contributed by atoms with Crippen LogP contribution in [0.25, 0.3) is 0 Å². The second-order valence-corrected chi connectivity index (χ2v) is 8.34.